The predicted molar refractivity (Wildman–Crippen MR) is 79.2 cm³/mol. The van der Waals surface area contributed by atoms with E-state index in [1.165, 1.54) is 6.92 Å². The molecule has 21 heavy (non-hydrogen) atoms. The molecule has 1 aromatic carbocycles. The molecule has 6 nitrogen and oxygen atoms in total. The number of nitrogens with one attached hydrogen (secondary N) is 2. The van der Waals surface area contributed by atoms with Crippen LogP contribution in [0.4, 0.5) is 0 Å². The molecular weight excluding hydrogens is 270 g/mol. The largest absolute Gasteiger partial charge is 0.368 e. The van der Waals surface area contributed by atoms with E-state index in [9.17, 15) is 14.4 Å². The maximum Gasteiger partial charge on any atom is 0.245 e. The van der Waals surface area contributed by atoms with E-state index in [1.807, 2.05) is 30.3 Å². The molecule has 0 spiro atoms. The van der Waals surface area contributed by atoms with Crippen molar-refractivity contribution in [1.29, 1.82) is 0 Å². The van der Waals surface area contributed by atoms with Crippen molar-refractivity contribution < 1.29 is 14.4 Å². The van der Waals surface area contributed by atoms with Gasteiger partial charge < -0.3 is 16.4 Å². The van der Waals surface area contributed by atoms with Gasteiger partial charge in [-0.25, -0.2) is 0 Å². The molecular formula is C15H21N3O3. The Bertz CT molecular complexity index is 526. The van der Waals surface area contributed by atoms with Crippen LogP contribution in [-0.4, -0.2) is 29.3 Å². The van der Waals surface area contributed by atoms with Crippen LogP contribution < -0.4 is 16.4 Å². The molecule has 0 unspecified atom stereocenters. The molecule has 4 N–H and O–H groups in total. The molecule has 6 heteroatoms. The van der Waals surface area contributed by atoms with Gasteiger partial charge in [0.05, 0.1) is 0 Å². The standard InChI is InChI=1S/C15H21N3O3/c1-10(19)18-15(2,3)14(21)17-12(13(16)20)9-11-7-5-4-6-8-11/h4-8,12H,9H2,1-3H3,(H2,16,20)(H,17,21)(H,18,19)/t12-/m0/s1. The van der Waals surface area contributed by atoms with E-state index in [-0.39, 0.29) is 5.91 Å². The fraction of sp³-hybridized carbons (Fsp3) is 0.400. The van der Waals surface area contributed by atoms with Crippen molar-refractivity contribution in [3.8, 4) is 0 Å². The van der Waals surface area contributed by atoms with E-state index in [0.29, 0.717) is 6.42 Å². The highest BCUT2D eigenvalue weighted by Gasteiger charge is 2.31. The van der Waals surface area contributed by atoms with E-state index in [0.717, 1.165) is 5.56 Å². The van der Waals surface area contributed by atoms with Gasteiger partial charge in [0.1, 0.15) is 11.6 Å². The number of rotatable bonds is 6. The minimum atomic E-state index is -1.11. The number of benzene rings is 1. The summed E-state index contributed by atoms with van der Waals surface area (Å²) in [7, 11) is 0. The zero-order valence-electron chi connectivity index (χ0n) is 12.5. The molecule has 0 fully saturated rings. The lowest BCUT2D eigenvalue weighted by molar-refractivity contribution is -0.133. The molecule has 1 aromatic rings. The number of hydrogen-bond donors (Lipinski definition) is 3. The van der Waals surface area contributed by atoms with Gasteiger partial charge in [0, 0.05) is 13.3 Å². The Balaban J connectivity index is 2.77. The van der Waals surface area contributed by atoms with Gasteiger partial charge in [-0.2, -0.15) is 0 Å². The van der Waals surface area contributed by atoms with Crippen molar-refractivity contribution in [2.75, 3.05) is 0 Å². The molecule has 0 aliphatic rings. The lowest BCUT2D eigenvalue weighted by Crippen LogP contribution is -2.58. The Labute approximate surface area is 124 Å². The van der Waals surface area contributed by atoms with Crippen LogP contribution in [0.15, 0.2) is 30.3 Å². The molecule has 0 saturated carbocycles. The third-order valence-electron chi connectivity index (χ3n) is 2.99. The molecule has 0 bridgehead atoms. The summed E-state index contributed by atoms with van der Waals surface area (Å²) in [5, 5.41) is 5.11. The first kappa shape index (κ1) is 16.7. The lowest BCUT2D eigenvalue weighted by atomic mass is 10.0. The fourth-order valence-corrected chi connectivity index (χ4v) is 1.91. The van der Waals surface area contributed by atoms with E-state index in [2.05, 4.69) is 10.6 Å². The van der Waals surface area contributed by atoms with Gasteiger partial charge in [-0.15, -0.1) is 0 Å². The summed E-state index contributed by atoms with van der Waals surface area (Å²) in [6, 6.07) is 8.42. The van der Waals surface area contributed by atoms with Gasteiger partial charge in [-0.1, -0.05) is 30.3 Å². The Morgan fingerprint density at radius 2 is 1.76 bits per heavy atom. The Morgan fingerprint density at radius 1 is 1.19 bits per heavy atom. The third-order valence-corrected chi connectivity index (χ3v) is 2.99. The van der Waals surface area contributed by atoms with Crippen LogP contribution in [0.2, 0.25) is 0 Å². The quantitative estimate of drug-likeness (QED) is 0.693. The van der Waals surface area contributed by atoms with E-state index in [4.69, 9.17) is 5.73 Å². The second kappa shape index (κ2) is 6.88. The second-order valence-electron chi connectivity index (χ2n) is 5.42. The highest BCUT2D eigenvalue weighted by Crippen LogP contribution is 2.06. The van der Waals surface area contributed by atoms with Crippen LogP contribution in [-0.2, 0) is 20.8 Å². The second-order valence-corrected chi connectivity index (χ2v) is 5.42. The topological polar surface area (TPSA) is 101 Å². The van der Waals surface area contributed by atoms with Crippen LogP contribution in [0.1, 0.15) is 26.3 Å². The number of carbonyl (C=O) groups is 3. The molecule has 1 atom stereocenters. The number of amides is 3. The van der Waals surface area contributed by atoms with Gasteiger partial charge in [-0.05, 0) is 19.4 Å². The highest BCUT2D eigenvalue weighted by molar-refractivity contribution is 5.93. The Morgan fingerprint density at radius 3 is 2.24 bits per heavy atom. The fourth-order valence-electron chi connectivity index (χ4n) is 1.91. The highest BCUT2D eigenvalue weighted by atomic mass is 16.2. The molecule has 0 aromatic heterocycles. The van der Waals surface area contributed by atoms with Crippen molar-refractivity contribution >= 4 is 17.7 Å². The summed E-state index contributed by atoms with van der Waals surface area (Å²) in [5.74, 6) is -1.41. The zero-order chi connectivity index (χ0) is 16.0. The van der Waals surface area contributed by atoms with E-state index >= 15 is 0 Å². The average molecular weight is 291 g/mol. The Kier molecular flexibility index (Phi) is 5.46. The first-order valence-corrected chi connectivity index (χ1v) is 6.65. The first-order chi connectivity index (χ1) is 9.72. The van der Waals surface area contributed by atoms with Crippen LogP contribution in [0.3, 0.4) is 0 Å². The summed E-state index contributed by atoms with van der Waals surface area (Å²) in [6.07, 6.45) is 0.304. The number of nitrogens with two attached hydrogens (primary N) is 1. The van der Waals surface area contributed by atoms with E-state index in [1.54, 1.807) is 13.8 Å². The molecule has 114 valence electrons. The minimum Gasteiger partial charge on any atom is -0.368 e. The zero-order valence-corrected chi connectivity index (χ0v) is 12.5. The molecule has 1 rings (SSSR count). The van der Waals surface area contributed by atoms with E-state index < -0.39 is 23.4 Å². The van der Waals surface area contributed by atoms with Gasteiger partial charge in [0.2, 0.25) is 17.7 Å². The van der Waals surface area contributed by atoms with Crippen LogP contribution >= 0.6 is 0 Å². The summed E-state index contributed by atoms with van der Waals surface area (Å²) < 4.78 is 0. The SMILES string of the molecule is CC(=O)NC(C)(C)C(=O)N[C@@H](Cc1ccccc1)C(N)=O. The predicted octanol–water partition coefficient (Wildman–Crippen LogP) is 0.114. The van der Waals surface area contributed by atoms with Crippen molar-refractivity contribution in [3.05, 3.63) is 35.9 Å². The van der Waals surface area contributed by atoms with Gasteiger partial charge in [0.25, 0.3) is 0 Å². The summed E-state index contributed by atoms with van der Waals surface area (Å²) in [6.45, 7) is 4.44. The number of hydrogen-bond acceptors (Lipinski definition) is 3. The van der Waals surface area contributed by atoms with Crippen molar-refractivity contribution in [3.63, 3.8) is 0 Å². The molecule has 3 amide bonds. The monoisotopic (exact) mass is 291 g/mol. The molecule has 0 aliphatic heterocycles. The van der Waals surface area contributed by atoms with Crippen LogP contribution in [0.5, 0.6) is 0 Å². The number of primary amides is 1. The molecule has 0 aliphatic carbocycles. The maximum atomic E-state index is 12.2. The molecule has 0 saturated heterocycles. The van der Waals surface area contributed by atoms with Gasteiger partial charge in [-0.3, -0.25) is 14.4 Å². The van der Waals surface area contributed by atoms with Gasteiger partial charge in [0.15, 0.2) is 0 Å². The van der Waals surface area contributed by atoms with Crippen molar-refractivity contribution in [2.45, 2.75) is 38.8 Å². The molecule has 0 radical (unpaired) electrons. The Hall–Kier alpha value is -2.37. The van der Waals surface area contributed by atoms with Crippen molar-refractivity contribution in [2.24, 2.45) is 5.73 Å². The smallest absolute Gasteiger partial charge is 0.245 e. The summed E-state index contributed by atoms with van der Waals surface area (Å²) in [4.78, 5) is 34.8. The summed E-state index contributed by atoms with van der Waals surface area (Å²) >= 11 is 0. The number of carbonyl (C=O) groups excluding carboxylic acids is 3. The molecule has 0 heterocycles. The van der Waals surface area contributed by atoms with Crippen molar-refractivity contribution in [1.82, 2.24) is 10.6 Å². The third kappa shape index (κ3) is 5.25. The normalized spacial score (nSPS) is 12.3. The van der Waals surface area contributed by atoms with Crippen LogP contribution in [0, 0.1) is 0 Å². The minimum absolute atomic E-state index is 0.304. The van der Waals surface area contributed by atoms with Crippen LogP contribution in [0.25, 0.3) is 0 Å². The lowest BCUT2D eigenvalue weighted by Gasteiger charge is -2.27. The maximum absolute atomic E-state index is 12.2. The summed E-state index contributed by atoms with van der Waals surface area (Å²) in [5.41, 5.74) is 5.11. The average Bonchev–Trinajstić information content (AvgIpc) is 2.37. The van der Waals surface area contributed by atoms with Gasteiger partial charge >= 0.3 is 0 Å². The first-order valence-electron chi connectivity index (χ1n) is 6.65.